The lowest BCUT2D eigenvalue weighted by atomic mass is 9.93. The zero-order chi connectivity index (χ0) is 16.3. The fourth-order valence-corrected chi connectivity index (χ4v) is 2.67. The third-order valence-electron chi connectivity index (χ3n) is 3.36. The predicted octanol–water partition coefficient (Wildman–Crippen LogP) is 3.73. The summed E-state index contributed by atoms with van der Waals surface area (Å²) >= 11 is 3.22. The van der Waals surface area contributed by atoms with E-state index in [1.807, 2.05) is 0 Å². The minimum absolute atomic E-state index is 0.0234. The van der Waals surface area contributed by atoms with Gasteiger partial charge in [-0.1, -0.05) is 15.9 Å². The van der Waals surface area contributed by atoms with Gasteiger partial charge in [0, 0.05) is 23.6 Å². The van der Waals surface area contributed by atoms with Gasteiger partial charge in [0.05, 0.1) is 15.1 Å². The molecule has 5 nitrogen and oxygen atoms in total. The Hall–Kier alpha value is -1.14. The number of anilines is 1. The predicted molar refractivity (Wildman–Crippen MR) is 77.5 cm³/mol. The molecule has 104 valence electrons. The molecule has 0 heterocycles. The van der Waals surface area contributed by atoms with E-state index in [-0.39, 0.29) is 17.8 Å². The first-order chi connectivity index (χ1) is 10.2. The smallest absolute Gasteiger partial charge is 0.293 e. The summed E-state index contributed by atoms with van der Waals surface area (Å²) in [5.74, 6) is 0. The van der Waals surface area contributed by atoms with E-state index in [1.54, 1.807) is 12.1 Å². The molecule has 0 spiro atoms. The van der Waals surface area contributed by atoms with E-state index in [0.717, 1.165) is 0 Å². The van der Waals surface area contributed by atoms with Crippen LogP contribution in [0.2, 0.25) is 0 Å². The van der Waals surface area contributed by atoms with Crippen molar-refractivity contribution in [3.63, 3.8) is 0 Å². The van der Waals surface area contributed by atoms with Gasteiger partial charge in [-0.25, -0.2) is 0 Å². The molecule has 1 aliphatic carbocycles. The van der Waals surface area contributed by atoms with Crippen molar-refractivity contribution < 1.29 is 13.8 Å². The first-order valence-corrected chi connectivity index (χ1v) is 6.92. The molecule has 19 heavy (non-hydrogen) atoms. The molecular weight excluding hydrogens is 312 g/mol. The molecule has 0 amide bonds. The number of hydrogen-bond acceptors (Lipinski definition) is 4. The van der Waals surface area contributed by atoms with E-state index in [2.05, 4.69) is 21.2 Å². The summed E-state index contributed by atoms with van der Waals surface area (Å²) in [7, 11) is -2.37. The summed E-state index contributed by atoms with van der Waals surface area (Å²) in [6.07, 6.45) is 2.41. The Morgan fingerprint density at radius 2 is 2.21 bits per heavy atom. The molecule has 0 radical (unpaired) electrons. The zero-order valence-corrected chi connectivity index (χ0v) is 11.9. The second-order valence-corrected chi connectivity index (χ2v) is 5.57. The fourth-order valence-electron chi connectivity index (χ4n) is 2.32. The summed E-state index contributed by atoms with van der Waals surface area (Å²) in [5, 5.41) is 14.3. The van der Waals surface area contributed by atoms with Crippen molar-refractivity contribution in [3.8, 4) is 0 Å². The maximum absolute atomic E-state index is 11.1. The minimum atomic E-state index is -2.37. The largest absolute Gasteiger partial charge is 0.381 e. The summed E-state index contributed by atoms with van der Waals surface area (Å²) in [6.45, 7) is 0. The van der Waals surface area contributed by atoms with Crippen LogP contribution in [0.4, 0.5) is 11.4 Å². The number of ether oxygens (including phenoxy) is 1. The molecular formula is C13H17BrN2O3. The SMILES string of the molecule is [2H]C([2H])([2H])OC1CCC(Nc2ccc(Br)cc2[N+](=O)[O-])CC1. The van der Waals surface area contributed by atoms with Crippen molar-refractivity contribution in [3.05, 3.63) is 32.8 Å². The van der Waals surface area contributed by atoms with Crippen LogP contribution in [0.5, 0.6) is 0 Å². The van der Waals surface area contributed by atoms with E-state index in [4.69, 9.17) is 8.85 Å². The first-order valence-electron chi connectivity index (χ1n) is 7.63. The Kier molecular flexibility index (Phi) is 3.55. The summed E-state index contributed by atoms with van der Waals surface area (Å²) in [4.78, 5) is 10.7. The van der Waals surface area contributed by atoms with Crippen LogP contribution in [-0.2, 0) is 4.74 Å². The lowest BCUT2D eigenvalue weighted by molar-refractivity contribution is -0.384. The van der Waals surface area contributed by atoms with Crippen LogP contribution in [0.1, 0.15) is 29.8 Å². The molecule has 0 bridgehead atoms. The molecule has 0 atom stereocenters. The fraction of sp³-hybridized carbons (Fsp3) is 0.538. The second-order valence-electron chi connectivity index (χ2n) is 4.65. The summed E-state index contributed by atoms with van der Waals surface area (Å²) in [5.41, 5.74) is 0.503. The van der Waals surface area contributed by atoms with Gasteiger partial charge < -0.3 is 10.1 Å². The van der Waals surface area contributed by atoms with Crippen molar-refractivity contribution >= 4 is 27.3 Å². The molecule has 0 unspecified atom stereocenters. The van der Waals surface area contributed by atoms with Gasteiger partial charge in [0.1, 0.15) is 5.69 Å². The highest BCUT2D eigenvalue weighted by molar-refractivity contribution is 9.10. The maximum Gasteiger partial charge on any atom is 0.293 e. The van der Waals surface area contributed by atoms with Crippen LogP contribution < -0.4 is 5.32 Å². The number of halogens is 1. The number of nitrogens with zero attached hydrogens (tertiary/aromatic N) is 1. The molecule has 1 aromatic carbocycles. The quantitative estimate of drug-likeness (QED) is 0.674. The number of rotatable bonds is 4. The molecule has 1 aliphatic rings. The molecule has 0 aliphatic heterocycles. The Morgan fingerprint density at radius 1 is 1.47 bits per heavy atom. The minimum Gasteiger partial charge on any atom is -0.381 e. The van der Waals surface area contributed by atoms with Gasteiger partial charge in [-0.05, 0) is 37.8 Å². The van der Waals surface area contributed by atoms with E-state index in [1.165, 1.54) is 6.07 Å². The highest BCUT2D eigenvalue weighted by Gasteiger charge is 2.23. The lowest BCUT2D eigenvalue weighted by Gasteiger charge is -2.28. The molecule has 1 fully saturated rings. The Morgan fingerprint density at radius 3 is 2.84 bits per heavy atom. The van der Waals surface area contributed by atoms with Gasteiger partial charge >= 0.3 is 0 Å². The second kappa shape index (κ2) is 6.34. The lowest BCUT2D eigenvalue weighted by Crippen LogP contribution is -2.29. The monoisotopic (exact) mass is 331 g/mol. The highest BCUT2D eigenvalue weighted by Crippen LogP contribution is 2.31. The van der Waals surface area contributed by atoms with Gasteiger partial charge in [0.2, 0.25) is 0 Å². The van der Waals surface area contributed by atoms with E-state index in [9.17, 15) is 10.1 Å². The maximum atomic E-state index is 11.1. The number of nitrogens with one attached hydrogen (secondary N) is 1. The van der Waals surface area contributed by atoms with Crippen LogP contribution in [0.25, 0.3) is 0 Å². The normalized spacial score (nSPS) is 26.1. The number of nitro groups is 1. The van der Waals surface area contributed by atoms with E-state index >= 15 is 0 Å². The number of hydrogen-bond donors (Lipinski definition) is 1. The van der Waals surface area contributed by atoms with Crippen LogP contribution in [-0.4, -0.2) is 24.1 Å². The molecule has 0 aromatic heterocycles. The zero-order valence-electron chi connectivity index (χ0n) is 13.3. The van der Waals surface area contributed by atoms with Gasteiger partial charge in [0.25, 0.3) is 5.69 Å². The van der Waals surface area contributed by atoms with Gasteiger partial charge in [-0.3, -0.25) is 10.1 Å². The number of nitro benzene ring substituents is 1. The van der Waals surface area contributed by atoms with Crippen LogP contribution in [0, 0.1) is 10.1 Å². The molecule has 2 rings (SSSR count). The van der Waals surface area contributed by atoms with Crippen molar-refractivity contribution in [2.45, 2.75) is 37.8 Å². The molecule has 6 heteroatoms. The highest BCUT2D eigenvalue weighted by atomic mass is 79.9. The van der Waals surface area contributed by atoms with Crippen LogP contribution >= 0.6 is 15.9 Å². The van der Waals surface area contributed by atoms with Crippen molar-refractivity contribution in [1.82, 2.24) is 0 Å². The third-order valence-corrected chi connectivity index (χ3v) is 3.85. The first kappa shape index (κ1) is 10.6. The van der Waals surface area contributed by atoms with Crippen LogP contribution in [0.15, 0.2) is 22.7 Å². The van der Waals surface area contributed by atoms with Crippen LogP contribution in [0.3, 0.4) is 0 Å². The van der Waals surface area contributed by atoms with Gasteiger partial charge in [-0.15, -0.1) is 0 Å². The third kappa shape index (κ3) is 3.67. The number of methoxy groups -OCH3 is 1. The summed E-state index contributed by atoms with van der Waals surface area (Å²) < 4.78 is 27.0. The standard InChI is InChI=1S/C13H17BrN2O3/c1-19-11-5-3-10(4-6-11)15-12-7-2-9(14)8-13(12)16(17)18/h2,7-8,10-11,15H,3-6H2,1H3/i1D3. The molecule has 1 saturated carbocycles. The van der Waals surface area contributed by atoms with E-state index in [0.29, 0.717) is 35.8 Å². The van der Waals surface area contributed by atoms with Crippen molar-refractivity contribution in [2.75, 3.05) is 12.4 Å². The Bertz CT molecular complexity index is 546. The molecule has 1 N–H and O–H groups in total. The number of benzene rings is 1. The van der Waals surface area contributed by atoms with Gasteiger partial charge in [0.15, 0.2) is 0 Å². The van der Waals surface area contributed by atoms with Crippen molar-refractivity contribution in [1.29, 1.82) is 0 Å². The Labute approximate surface area is 124 Å². The molecule has 0 saturated heterocycles. The Balaban J connectivity index is 1.95. The molecule has 1 aromatic rings. The van der Waals surface area contributed by atoms with Crippen molar-refractivity contribution in [2.24, 2.45) is 0 Å². The van der Waals surface area contributed by atoms with Gasteiger partial charge in [-0.2, -0.15) is 0 Å². The average Bonchev–Trinajstić information content (AvgIpc) is 2.41. The summed E-state index contributed by atoms with van der Waals surface area (Å²) in [6, 6.07) is 4.97. The van der Waals surface area contributed by atoms with E-state index < -0.39 is 12.0 Å². The average molecular weight is 332 g/mol. The topological polar surface area (TPSA) is 64.4 Å².